The van der Waals surface area contributed by atoms with Gasteiger partial charge in [0.2, 0.25) is 0 Å². The van der Waals surface area contributed by atoms with Gasteiger partial charge in [-0.05, 0) is 18.8 Å². The van der Waals surface area contributed by atoms with E-state index >= 15 is 0 Å². The fourth-order valence-electron chi connectivity index (χ4n) is 1.47. The normalized spacial score (nSPS) is 24.7. The van der Waals surface area contributed by atoms with Crippen molar-refractivity contribution in [2.24, 2.45) is 5.92 Å². The van der Waals surface area contributed by atoms with Crippen molar-refractivity contribution >= 4 is 11.6 Å². The van der Waals surface area contributed by atoms with Crippen molar-refractivity contribution in [3.63, 3.8) is 0 Å². The molecule has 1 atom stereocenters. The zero-order valence-electron chi connectivity index (χ0n) is 5.52. The summed E-state index contributed by atoms with van der Waals surface area (Å²) in [6.07, 6.45) is 5.03. The van der Waals surface area contributed by atoms with Crippen LogP contribution in [-0.4, -0.2) is 17.1 Å². The molecular formula is C7H13ClO. The van der Waals surface area contributed by atoms with Crippen molar-refractivity contribution in [2.75, 3.05) is 6.61 Å². The van der Waals surface area contributed by atoms with Crippen LogP contribution >= 0.6 is 11.6 Å². The van der Waals surface area contributed by atoms with Gasteiger partial charge in [-0.25, -0.2) is 0 Å². The lowest BCUT2D eigenvalue weighted by atomic mass is 10.0. The third-order valence-electron chi connectivity index (χ3n) is 2.09. The molecule has 0 bridgehead atoms. The Morgan fingerprint density at radius 3 is 2.44 bits per heavy atom. The largest absolute Gasteiger partial charge is 0.395 e. The van der Waals surface area contributed by atoms with Gasteiger partial charge in [0.25, 0.3) is 0 Å². The second kappa shape index (κ2) is 3.43. The Balaban J connectivity index is 2.24. The van der Waals surface area contributed by atoms with E-state index in [0.29, 0.717) is 5.92 Å². The van der Waals surface area contributed by atoms with Crippen LogP contribution in [0.1, 0.15) is 25.7 Å². The number of alkyl halides is 1. The van der Waals surface area contributed by atoms with Crippen molar-refractivity contribution in [3.8, 4) is 0 Å². The van der Waals surface area contributed by atoms with Gasteiger partial charge in [-0.3, -0.25) is 0 Å². The van der Waals surface area contributed by atoms with Gasteiger partial charge in [0.1, 0.15) is 0 Å². The molecule has 1 saturated carbocycles. The highest BCUT2D eigenvalue weighted by atomic mass is 35.5. The average molecular weight is 149 g/mol. The van der Waals surface area contributed by atoms with Crippen molar-refractivity contribution in [1.82, 2.24) is 0 Å². The third-order valence-corrected chi connectivity index (χ3v) is 2.58. The number of aliphatic hydroxyl groups is 1. The molecule has 9 heavy (non-hydrogen) atoms. The second-order valence-corrected chi connectivity index (χ2v) is 3.30. The summed E-state index contributed by atoms with van der Waals surface area (Å²) in [7, 11) is 0. The molecule has 0 spiro atoms. The fraction of sp³-hybridized carbons (Fsp3) is 1.00. The van der Waals surface area contributed by atoms with E-state index in [4.69, 9.17) is 16.7 Å². The van der Waals surface area contributed by atoms with E-state index in [0.717, 1.165) is 0 Å². The van der Waals surface area contributed by atoms with E-state index in [2.05, 4.69) is 0 Å². The highest BCUT2D eigenvalue weighted by Gasteiger charge is 2.21. The Kier molecular flexibility index (Phi) is 2.80. The maximum absolute atomic E-state index is 8.66. The summed E-state index contributed by atoms with van der Waals surface area (Å²) < 4.78 is 0. The number of hydrogen-bond donors (Lipinski definition) is 1. The third kappa shape index (κ3) is 1.84. The average Bonchev–Trinajstić information content (AvgIpc) is 2.37. The van der Waals surface area contributed by atoms with E-state index in [-0.39, 0.29) is 12.0 Å². The van der Waals surface area contributed by atoms with E-state index < -0.39 is 0 Å². The maximum Gasteiger partial charge on any atom is 0.0597 e. The van der Waals surface area contributed by atoms with Crippen LogP contribution in [0, 0.1) is 5.92 Å². The summed E-state index contributed by atoms with van der Waals surface area (Å²) in [6.45, 7) is 0.145. The van der Waals surface area contributed by atoms with Crippen LogP contribution in [-0.2, 0) is 0 Å². The Hall–Kier alpha value is 0.250. The van der Waals surface area contributed by atoms with Gasteiger partial charge in [-0.2, -0.15) is 0 Å². The minimum absolute atomic E-state index is 0.0208. The zero-order chi connectivity index (χ0) is 6.69. The molecule has 0 aliphatic heterocycles. The molecule has 2 heteroatoms. The molecule has 0 aromatic heterocycles. The van der Waals surface area contributed by atoms with Crippen LogP contribution in [0.3, 0.4) is 0 Å². The van der Waals surface area contributed by atoms with Crippen molar-refractivity contribution < 1.29 is 5.11 Å². The Bertz CT molecular complexity index is 79.0. The summed E-state index contributed by atoms with van der Waals surface area (Å²) in [6, 6.07) is 0. The second-order valence-electron chi connectivity index (χ2n) is 2.74. The lowest BCUT2D eigenvalue weighted by molar-refractivity contribution is 0.263. The van der Waals surface area contributed by atoms with Gasteiger partial charge in [0, 0.05) is 0 Å². The van der Waals surface area contributed by atoms with E-state index in [9.17, 15) is 0 Å². The smallest absolute Gasteiger partial charge is 0.0597 e. The predicted molar refractivity (Wildman–Crippen MR) is 38.7 cm³/mol. The first kappa shape index (κ1) is 7.36. The fourth-order valence-corrected chi connectivity index (χ4v) is 1.72. The molecule has 1 aliphatic carbocycles. The van der Waals surface area contributed by atoms with Gasteiger partial charge < -0.3 is 5.11 Å². The molecule has 1 N–H and O–H groups in total. The lowest BCUT2D eigenvalue weighted by Crippen LogP contribution is -2.15. The van der Waals surface area contributed by atoms with Crippen LogP contribution in [0.4, 0.5) is 0 Å². The molecule has 1 unspecified atom stereocenters. The molecule has 0 aromatic rings. The maximum atomic E-state index is 8.66. The monoisotopic (exact) mass is 148 g/mol. The topological polar surface area (TPSA) is 20.2 Å². The summed E-state index contributed by atoms with van der Waals surface area (Å²) in [5.41, 5.74) is 0. The Morgan fingerprint density at radius 1 is 1.44 bits per heavy atom. The van der Waals surface area contributed by atoms with Crippen LogP contribution < -0.4 is 0 Å². The number of halogens is 1. The van der Waals surface area contributed by atoms with Crippen LogP contribution in [0.15, 0.2) is 0 Å². The van der Waals surface area contributed by atoms with Gasteiger partial charge in [0.15, 0.2) is 0 Å². The summed E-state index contributed by atoms with van der Waals surface area (Å²) >= 11 is 5.82. The molecule has 1 rings (SSSR count). The molecule has 1 nitrogen and oxygen atoms in total. The highest BCUT2D eigenvalue weighted by Crippen LogP contribution is 2.29. The minimum atomic E-state index is 0.0208. The summed E-state index contributed by atoms with van der Waals surface area (Å²) in [4.78, 5) is 0. The summed E-state index contributed by atoms with van der Waals surface area (Å²) in [5.74, 6) is 0.594. The molecule has 0 saturated heterocycles. The Morgan fingerprint density at radius 2 is 2.00 bits per heavy atom. The molecule has 0 aromatic carbocycles. The highest BCUT2D eigenvalue weighted by molar-refractivity contribution is 6.20. The first-order valence-corrected chi connectivity index (χ1v) is 4.03. The first-order chi connectivity index (χ1) is 4.34. The molecule has 1 fully saturated rings. The quantitative estimate of drug-likeness (QED) is 0.592. The van der Waals surface area contributed by atoms with Crippen molar-refractivity contribution in [1.29, 1.82) is 0 Å². The Labute approximate surface area is 61.0 Å². The van der Waals surface area contributed by atoms with Gasteiger partial charge in [-0.1, -0.05) is 12.8 Å². The standard InChI is InChI=1S/C7H13ClO/c8-7(5-9)6-3-1-2-4-6/h6-7,9H,1-5H2. The van der Waals surface area contributed by atoms with Gasteiger partial charge in [0.05, 0.1) is 12.0 Å². The van der Waals surface area contributed by atoms with E-state index in [1.807, 2.05) is 0 Å². The van der Waals surface area contributed by atoms with Crippen LogP contribution in [0.2, 0.25) is 0 Å². The minimum Gasteiger partial charge on any atom is -0.395 e. The molecule has 0 amide bonds. The van der Waals surface area contributed by atoms with E-state index in [1.54, 1.807) is 0 Å². The van der Waals surface area contributed by atoms with Crippen molar-refractivity contribution in [2.45, 2.75) is 31.1 Å². The van der Waals surface area contributed by atoms with Gasteiger partial charge in [-0.15, -0.1) is 11.6 Å². The molecule has 1 aliphatic rings. The number of rotatable bonds is 2. The molecule has 54 valence electrons. The van der Waals surface area contributed by atoms with Gasteiger partial charge >= 0.3 is 0 Å². The molecule has 0 heterocycles. The molecule has 0 radical (unpaired) electrons. The first-order valence-electron chi connectivity index (χ1n) is 3.59. The van der Waals surface area contributed by atoms with E-state index in [1.165, 1.54) is 25.7 Å². The van der Waals surface area contributed by atoms with Crippen LogP contribution in [0.25, 0.3) is 0 Å². The van der Waals surface area contributed by atoms with Crippen molar-refractivity contribution in [3.05, 3.63) is 0 Å². The SMILES string of the molecule is OCC(Cl)C1CCCC1. The molecular weight excluding hydrogens is 136 g/mol. The summed E-state index contributed by atoms with van der Waals surface area (Å²) in [5, 5.41) is 8.68. The number of hydrogen-bond acceptors (Lipinski definition) is 1. The number of aliphatic hydroxyl groups excluding tert-OH is 1. The zero-order valence-corrected chi connectivity index (χ0v) is 6.27. The lowest BCUT2D eigenvalue weighted by Gasteiger charge is -2.12. The predicted octanol–water partition coefficient (Wildman–Crippen LogP) is 1.78. The van der Waals surface area contributed by atoms with Crippen LogP contribution in [0.5, 0.6) is 0 Å².